The second-order valence-corrected chi connectivity index (χ2v) is 5.39. The largest absolute Gasteiger partial charge is 0.478 e. The van der Waals surface area contributed by atoms with Crippen LogP contribution in [0.1, 0.15) is 42.5 Å². The minimum Gasteiger partial charge on any atom is -0.478 e. The number of nitrogens with zero attached hydrogens (tertiary/aromatic N) is 1. The highest BCUT2D eigenvalue weighted by Crippen LogP contribution is 2.32. The number of aromatic nitrogens is 1. The van der Waals surface area contributed by atoms with E-state index in [9.17, 15) is 4.79 Å². The topological polar surface area (TPSA) is 50.2 Å². The molecule has 2 rings (SSSR count). The first kappa shape index (κ1) is 11.5. The van der Waals surface area contributed by atoms with E-state index in [1.165, 1.54) is 38.2 Å². The molecule has 0 aliphatic heterocycles. The van der Waals surface area contributed by atoms with Crippen LogP contribution in [0.2, 0.25) is 0 Å². The van der Waals surface area contributed by atoms with Gasteiger partial charge in [-0.2, -0.15) is 0 Å². The van der Waals surface area contributed by atoms with E-state index in [0.29, 0.717) is 10.8 Å². The minimum atomic E-state index is -0.882. The van der Waals surface area contributed by atoms with Crippen LogP contribution in [0.3, 0.4) is 0 Å². The van der Waals surface area contributed by atoms with Crippen LogP contribution < -0.4 is 0 Å². The zero-order valence-electron chi connectivity index (χ0n) is 9.06. The van der Waals surface area contributed by atoms with Gasteiger partial charge in [-0.05, 0) is 25.0 Å². The van der Waals surface area contributed by atoms with Gasteiger partial charge in [0, 0.05) is 11.4 Å². The number of aromatic carboxylic acids is 1. The number of carbonyl (C=O) groups is 1. The van der Waals surface area contributed by atoms with Crippen LogP contribution in [0.25, 0.3) is 0 Å². The summed E-state index contributed by atoms with van der Waals surface area (Å²) in [4.78, 5) is 15.0. The molecule has 1 saturated carbocycles. The van der Waals surface area contributed by atoms with Gasteiger partial charge in [-0.15, -0.1) is 11.8 Å². The normalized spacial score (nSPS) is 17.2. The van der Waals surface area contributed by atoms with Crippen molar-refractivity contribution in [2.75, 3.05) is 0 Å². The van der Waals surface area contributed by atoms with Crippen LogP contribution in [-0.2, 0) is 0 Å². The Morgan fingerprint density at radius 2 is 2.12 bits per heavy atom. The summed E-state index contributed by atoms with van der Waals surface area (Å²) in [6.07, 6.45) is 7.94. The standard InChI is InChI=1S/C12H15NO2S/c14-12(15)9-6-7-13-11(8-9)16-10-4-2-1-3-5-10/h6-8,10H,1-5H2,(H,14,15). The molecule has 1 heterocycles. The molecule has 1 N–H and O–H groups in total. The van der Waals surface area contributed by atoms with E-state index >= 15 is 0 Å². The fraction of sp³-hybridized carbons (Fsp3) is 0.500. The van der Waals surface area contributed by atoms with Gasteiger partial charge in [0.1, 0.15) is 0 Å². The maximum absolute atomic E-state index is 10.8. The van der Waals surface area contributed by atoms with Crippen molar-refractivity contribution in [1.29, 1.82) is 0 Å². The molecule has 3 nitrogen and oxygen atoms in total. The lowest BCUT2D eigenvalue weighted by molar-refractivity contribution is 0.0696. The Labute approximate surface area is 99.3 Å². The molecule has 1 fully saturated rings. The van der Waals surface area contributed by atoms with Crippen LogP contribution in [0, 0.1) is 0 Å². The Kier molecular flexibility index (Phi) is 3.83. The molecule has 0 radical (unpaired) electrons. The molecule has 86 valence electrons. The highest BCUT2D eigenvalue weighted by molar-refractivity contribution is 7.99. The summed E-state index contributed by atoms with van der Waals surface area (Å²) in [6, 6.07) is 3.20. The molecule has 1 aromatic heterocycles. The SMILES string of the molecule is O=C(O)c1ccnc(SC2CCCCC2)c1. The molecule has 1 aromatic rings. The van der Waals surface area contributed by atoms with Gasteiger partial charge in [-0.1, -0.05) is 19.3 Å². The quantitative estimate of drug-likeness (QED) is 0.877. The van der Waals surface area contributed by atoms with Gasteiger partial charge in [-0.3, -0.25) is 0 Å². The molecule has 0 atom stereocenters. The third kappa shape index (κ3) is 2.98. The predicted molar refractivity (Wildman–Crippen MR) is 63.9 cm³/mol. The van der Waals surface area contributed by atoms with E-state index < -0.39 is 5.97 Å². The first-order valence-corrected chi connectivity index (χ1v) is 6.49. The van der Waals surface area contributed by atoms with E-state index in [1.807, 2.05) is 0 Å². The molecule has 0 unspecified atom stereocenters. The Morgan fingerprint density at radius 3 is 2.81 bits per heavy atom. The van der Waals surface area contributed by atoms with Crippen molar-refractivity contribution in [3.63, 3.8) is 0 Å². The maximum Gasteiger partial charge on any atom is 0.335 e. The number of pyridine rings is 1. The number of carboxylic acids is 1. The summed E-state index contributed by atoms with van der Waals surface area (Å²) in [5, 5.41) is 10.3. The minimum absolute atomic E-state index is 0.327. The molecular formula is C12H15NO2S. The summed E-state index contributed by atoms with van der Waals surface area (Å²) < 4.78 is 0. The molecule has 4 heteroatoms. The average molecular weight is 237 g/mol. The van der Waals surface area contributed by atoms with E-state index in [-0.39, 0.29) is 0 Å². The Morgan fingerprint density at radius 1 is 1.38 bits per heavy atom. The van der Waals surface area contributed by atoms with Gasteiger partial charge < -0.3 is 5.11 Å². The van der Waals surface area contributed by atoms with Gasteiger partial charge in [0.15, 0.2) is 0 Å². The van der Waals surface area contributed by atoms with Crippen LogP contribution >= 0.6 is 11.8 Å². The van der Waals surface area contributed by atoms with E-state index in [1.54, 1.807) is 24.0 Å². The number of hydrogen-bond acceptors (Lipinski definition) is 3. The second-order valence-electron chi connectivity index (χ2n) is 4.07. The van der Waals surface area contributed by atoms with Crippen LogP contribution in [0.5, 0.6) is 0 Å². The van der Waals surface area contributed by atoms with Crippen LogP contribution in [0.15, 0.2) is 23.4 Å². The lowest BCUT2D eigenvalue weighted by Crippen LogP contribution is -2.08. The second kappa shape index (κ2) is 5.34. The van der Waals surface area contributed by atoms with Gasteiger partial charge in [0.05, 0.1) is 10.6 Å². The van der Waals surface area contributed by atoms with E-state index in [2.05, 4.69) is 4.98 Å². The van der Waals surface area contributed by atoms with Crippen molar-refractivity contribution in [3.05, 3.63) is 23.9 Å². The third-order valence-electron chi connectivity index (χ3n) is 2.82. The van der Waals surface area contributed by atoms with Crippen molar-refractivity contribution in [1.82, 2.24) is 4.98 Å². The summed E-state index contributed by atoms with van der Waals surface area (Å²) in [7, 11) is 0. The summed E-state index contributed by atoms with van der Waals surface area (Å²) in [5.74, 6) is -0.882. The van der Waals surface area contributed by atoms with Crippen molar-refractivity contribution < 1.29 is 9.90 Å². The molecule has 0 saturated heterocycles. The van der Waals surface area contributed by atoms with Gasteiger partial charge in [0.2, 0.25) is 0 Å². The lowest BCUT2D eigenvalue weighted by atomic mass is 10.0. The Hall–Kier alpha value is -1.03. The Bertz CT molecular complexity index is 375. The van der Waals surface area contributed by atoms with Gasteiger partial charge >= 0.3 is 5.97 Å². The number of hydrogen-bond donors (Lipinski definition) is 1. The monoisotopic (exact) mass is 237 g/mol. The van der Waals surface area contributed by atoms with E-state index in [0.717, 1.165) is 5.03 Å². The zero-order valence-corrected chi connectivity index (χ0v) is 9.87. The summed E-state index contributed by atoms with van der Waals surface area (Å²) in [6.45, 7) is 0. The maximum atomic E-state index is 10.8. The summed E-state index contributed by atoms with van der Waals surface area (Å²) >= 11 is 1.72. The molecule has 0 bridgehead atoms. The number of rotatable bonds is 3. The highest BCUT2D eigenvalue weighted by Gasteiger charge is 2.15. The van der Waals surface area contributed by atoms with Crippen molar-refractivity contribution in [2.24, 2.45) is 0 Å². The fourth-order valence-corrected chi connectivity index (χ4v) is 3.19. The van der Waals surface area contributed by atoms with Crippen molar-refractivity contribution in [3.8, 4) is 0 Å². The fourth-order valence-electron chi connectivity index (χ4n) is 1.96. The average Bonchev–Trinajstić information content (AvgIpc) is 2.30. The first-order chi connectivity index (χ1) is 7.75. The van der Waals surface area contributed by atoms with Crippen molar-refractivity contribution in [2.45, 2.75) is 42.4 Å². The number of thioether (sulfide) groups is 1. The van der Waals surface area contributed by atoms with Gasteiger partial charge in [-0.25, -0.2) is 9.78 Å². The summed E-state index contributed by atoms with van der Waals surface area (Å²) in [5.41, 5.74) is 0.327. The predicted octanol–water partition coefficient (Wildman–Crippen LogP) is 3.20. The molecule has 1 aliphatic carbocycles. The zero-order chi connectivity index (χ0) is 11.4. The highest BCUT2D eigenvalue weighted by atomic mass is 32.2. The molecule has 16 heavy (non-hydrogen) atoms. The first-order valence-electron chi connectivity index (χ1n) is 5.62. The van der Waals surface area contributed by atoms with E-state index in [4.69, 9.17) is 5.11 Å². The molecule has 1 aliphatic rings. The van der Waals surface area contributed by atoms with Crippen LogP contribution in [0.4, 0.5) is 0 Å². The lowest BCUT2D eigenvalue weighted by Gasteiger charge is -2.20. The number of carboxylic acid groups (broad SMARTS) is 1. The third-order valence-corrected chi connectivity index (χ3v) is 4.09. The van der Waals surface area contributed by atoms with Crippen molar-refractivity contribution >= 4 is 17.7 Å². The molecule has 0 aromatic carbocycles. The Balaban J connectivity index is 2.02. The van der Waals surface area contributed by atoms with Gasteiger partial charge in [0.25, 0.3) is 0 Å². The molecular weight excluding hydrogens is 222 g/mol. The smallest absolute Gasteiger partial charge is 0.335 e. The molecule has 0 amide bonds. The molecule has 0 spiro atoms. The van der Waals surface area contributed by atoms with Crippen LogP contribution in [-0.4, -0.2) is 21.3 Å².